The van der Waals surface area contributed by atoms with E-state index in [1.807, 2.05) is 0 Å². The minimum atomic E-state index is -3.48. The van der Waals surface area contributed by atoms with Crippen LogP contribution in [0.1, 0.15) is 54.3 Å². The van der Waals surface area contributed by atoms with Gasteiger partial charge >= 0.3 is 0 Å². The first-order chi connectivity index (χ1) is 12.0. The van der Waals surface area contributed by atoms with Gasteiger partial charge in [-0.2, -0.15) is 0 Å². The topological polar surface area (TPSA) is 107 Å². The van der Waals surface area contributed by atoms with E-state index in [0.717, 1.165) is 31.9 Å². The standard InChI is InChI=1S/C16H21N5O3S/c1-25(23,24)14-10-6-5-9-13(14)16(22)17-11-15-18-19-20-21(15)12-7-3-2-4-8-12/h5-6,9-10,12H,2-4,7-8,11H2,1H3,(H,17,22). The SMILES string of the molecule is CS(=O)(=O)c1ccccc1C(=O)NCc1nnnn1C1CCCCC1. The highest BCUT2D eigenvalue weighted by molar-refractivity contribution is 7.90. The number of benzene rings is 1. The second kappa shape index (κ2) is 7.30. The molecule has 1 amide bonds. The molecule has 1 aromatic carbocycles. The predicted molar refractivity (Wildman–Crippen MR) is 90.7 cm³/mol. The number of amides is 1. The van der Waals surface area contributed by atoms with Crippen molar-refractivity contribution in [1.29, 1.82) is 0 Å². The molecule has 0 bridgehead atoms. The van der Waals surface area contributed by atoms with E-state index >= 15 is 0 Å². The third-order valence-corrected chi connectivity index (χ3v) is 5.57. The maximum atomic E-state index is 12.4. The van der Waals surface area contributed by atoms with Crippen LogP contribution in [0.3, 0.4) is 0 Å². The van der Waals surface area contributed by atoms with Crippen LogP contribution in [0.2, 0.25) is 0 Å². The van der Waals surface area contributed by atoms with E-state index in [-0.39, 0.29) is 23.0 Å². The molecule has 8 nitrogen and oxygen atoms in total. The van der Waals surface area contributed by atoms with Gasteiger partial charge in [-0.25, -0.2) is 13.1 Å². The quantitative estimate of drug-likeness (QED) is 0.863. The number of hydrogen-bond acceptors (Lipinski definition) is 6. The number of rotatable bonds is 5. The number of hydrogen-bond donors (Lipinski definition) is 1. The summed E-state index contributed by atoms with van der Waals surface area (Å²) in [6.07, 6.45) is 6.68. The van der Waals surface area contributed by atoms with Gasteiger partial charge in [0.2, 0.25) is 0 Å². The maximum Gasteiger partial charge on any atom is 0.252 e. The lowest BCUT2D eigenvalue weighted by Crippen LogP contribution is -2.27. The zero-order valence-corrected chi connectivity index (χ0v) is 14.9. The van der Waals surface area contributed by atoms with Gasteiger partial charge in [-0.1, -0.05) is 31.4 Å². The fourth-order valence-corrected chi connectivity index (χ4v) is 4.06. The van der Waals surface area contributed by atoms with Crippen LogP contribution in [0.15, 0.2) is 29.2 Å². The summed E-state index contributed by atoms with van der Waals surface area (Å²) in [5.41, 5.74) is 0.127. The Bertz CT molecular complexity index is 856. The Hall–Kier alpha value is -2.29. The van der Waals surface area contributed by atoms with Gasteiger partial charge in [-0.3, -0.25) is 4.79 Å². The molecule has 1 aromatic heterocycles. The van der Waals surface area contributed by atoms with E-state index < -0.39 is 15.7 Å². The summed E-state index contributed by atoms with van der Waals surface area (Å²) in [4.78, 5) is 12.5. The molecule has 134 valence electrons. The molecule has 0 radical (unpaired) electrons. The summed E-state index contributed by atoms with van der Waals surface area (Å²) in [7, 11) is -3.48. The maximum absolute atomic E-state index is 12.4. The number of nitrogens with zero attached hydrogens (tertiary/aromatic N) is 4. The molecule has 2 aromatic rings. The lowest BCUT2D eigenvalue weighted by molar-refractivity contribution is 0.0945. The lowest BCUT2D eigenvalue weighted by atomic mass is 9.95. The molecule has 1 saturated carbocycles. The summed E-state index contributed by atoms with van der Waals surface area (Å²) in [6.45, 7) is 0.153. The molecule has 0 spiro atoms. The van der Waals surface area contributed by atoms with Crippen molar-refractivity contribution in [2.75, 3.05) is 6.26 Å². The van der Waals surface area contributed by atoms with Gasteiger partial charge in [0.25, 0.3) is 5.91 Å². The average Bonchev–Trinajstić information content (AvgIpc) is 3.08. The smallest absolute Gasteiger partial charge is 0.252 e. The largest absolute Gasteiger partial charge is 0.345 e. The van der Waals surface area contributed by atoms with Crippen LogP contribution in [0.5, 0.6) is 0 Å². The Morgan fingerprint density at radius 1 is 1.24 bits per heavy atom. The summed E-state index contributed by atoms with van der Waals surface area (Å²) >= 11 is 0. The molecule has 0 aliphatic heterocycles. The van der Waals surface area contributed by atoms with Gasteiger partial charge in [-0.15, -0.1) is 5.10 Å². The van der Waals surface area contributed by atoms with Crippen molar-refractivity contribution in [1.82, 2.24) is 25.5 Å². The Morgan fingerprint density at radius 2 is 1.96 bits per heavy atom. The van der Waals surface area contributed by atoms with Crippen molar-refractivity contribution in [3.63, 3.8) is 0 Å². The van der Waals surface area contributed by atoms with E-state index in [4.69, 9.17) is 0 Å². The Labute approximate surface area is 146 Å². The highest BCUT2D eigenvalue weighted by Gasteiger charge is 2.22. The number of sulfone groups is 1. The molecule has 0 saturated heterocycles. The molecule has 9 heteroatoms. The van der Waals surface area contributed by atoms with E-state index in [2.05, 4.69) is 20.8 Å². The summed E-state index contributed by atoms with van der Waals surface area (Å²) in [5.74, 6) is 0.122. The monoisotopic (exact) mass is 363 g/mol. The third kappa shape index (κ3) is 4.04. The van der Waals surface area contributed by atoms with Gasteiger partial charge < -0.3 is 5.32 Å². The minimum Gasteiger partial charge on any atom is -0.345 e. The van der Waals surface area contributed by atoms with Gasteiger partial charge in [0.05, 0.1) is 23.0 Å². The van der Waals surface area contributed by atoms with Gasteiger partial charge in [0, 0.05) is 6.26 Å². The van der Waals surface area contributed by atoms with Crippen LogP contribution in [-0.2, 0) is 16.4 Å². The molecule has 1 aliphatic rings. The van der Waals surface area contributed by atoms with Gasteiger partial charge in [-0.05, 0) is 35.4 Å². The second-order valence-corrected chi connectivity index (χ2v) is 8.27. The highest BCUT2D eigenvalue weighted by Crippen LogP contribution is 2.27. The van der Waals surface area contributed by atoms with E-state index in [9.17, 15) is 13.2 Å². The van der Waals surface area contributed by atoms with Crippen LogP contribution in [0.25, 0.3) is 0 Å². The summed E-state index contributed by atoms with van der Waals surface area (Å²) in [6, 6.07) is 6.41. The van der Waals surface area contributed by atoms with Crippen molar-refractivity contribution in [2.24, 2.45) is 0 Å². The number of aromatic nitrogens is 4. The number of carbonyl (C=O) groups excluding carboxylic acids is 1. The number of carbonyl (C=O) groups is 1. The lowest BCUT2D eigenvalue weighted by Gasteiger charge is -2.22. The molecule has 0 unspecified atom stereocenters. The number of nitrogens with one attached hydrogen (secondary N) is 1. The highest BCUT2D eigenvalue weighted by atomic mass is 32.2. The van der Waals surface area contributed by atoms with Crippen molar-refractivity contribution in [3.05, 3.63) is 35.7 Å². The van der Waals surface area contributed by atoms with Crippen molar-refractivity contribution < 1.29 is 13.2 Å². The van der Waals surface area contributed by atoms with Crippen LogP contribution in [-0.4, -0.2) is 40.8 Å². The first-order valence-corrected chi connectivity index (χ1v) is 10.2. The predicted octanol–water partition coefficient (Wildman–Crippen LogP) is 1.51. The van der Waals surface area contributed by atoms with Gasteiger partial charge in [0.1, 0.15) is 0 Å². The Balaban J connectivity index is 1.73. The zero-order chi connectivity index (χ0) is 17.9. The molecule has 1 N–H and O–H groups in total. The molecule has 1 fully saturated rings. The van der Waals surface area contributed by atoms with E-state index in [1.54, 1.807) is 16.8 Å². The van der Waals surface area contributed by atoms with Crippen molar-refractivity contribution in [2.45, 2.75) is 49.6 Å². The minimum absolute atomic E-state index is 0.0133. The van der Waals surface area contributed by atoms with Crippen molar-refractivity contribution >= 4 is 15.7 Å². The fourth-order valence-electron chi connectivity index (χ4n) is 3.17. The Morgan fingerprint density at radius 3 is 2.68 bits per heavy atom. The summed E-state index contributed by atoms with van der Waals surface area (Å²) < 4.78 is 25.5. The summed E-state index contributed by atoms with van der Waals surface area (Å²) in [5, 5.41) is 14.5. The van der Waals surface area contributed by atoms with Gasteiger partial charge in [0.15, 0.2) is 15.7 Å². The first-order valence-electron chi connectivity index (χ1n) is 8.31. The number of tetrazole rings is 1. The van der Waals surface area contributed by atoms with Crippen LogP contribution >= 0.6 is 0 Å². The van der Waals surface area contributed by atoms with Crippen LogP contribution in [0.4, 0.5) is 0 Å². The average molecular weight is 363 g/mol. The van der Waals surface area contributed by atoms with Crippen LogP contribution < -0.4 is 5.32 Å². The van der Waals surface area contributed by atoms with E-state index in [1.165, 1.54) is 18.6 Å². The zero-order valence-electron chi connectivity index (χ0n) is 14.1. The third-order valence-electron chi connectivity index (χ3n) is 4.42. The molecule has 1 aliphatic carbocycles. The molecule has 0 atom stereocenters. The molecular weight excluding hydrogens is 342 g/mol. The van der Waals surface area contributed by atoms with E-state index in [0.29, 0.717) is 5.82 Å². The first kappa shape index (κ1) is 17.5. The normalized spacial score (nSPS) is 15.9. The Kier molecular flexibility index (Phi) is 5.12. The molecule has 1 heterocycles. The fraction of sp³-hybridized carbons (Fsp3) is 0.500. The molecular formula is C16H21N5O3S. The molecule has 3 rings (SSSR count). The molecule has 25 heavy (non-hydrogen) atoms. The van der Waals surface area contributed by atoms with Crippen molar-refractivity contribution in [3.8, 4) is 0 Å². The van der Waals surface area contributed by atoms with Crippen LogP contribution in [0, 0.1) is 0 Å². The second-order valence-electron chi connectivity index (χ2n) is 6.28.